The molecule has 2 aliphatic rings. The van der Waals surface area contributed by atoms with E-state index in [-0.39, 0.29) is 16.2 Å². The SMILES string of the molecule is O=C(CN1C(=O)SC(=Cc2ccccc2Oc2ccc(C(F)(F)F)cc2[N+](=O)[O-])C1=O)N1CCOCC1. The van der Waals surface area contributed by atoms with Crippen molar-refractivity contribution in [3.8, 4) is 11.5 Å². The summed E-state index contributed by atoms with van der Waals surface area (Å²) in [7, 11) is 0. The molecule has 14 heteroatoms. The lowest BCUT2D eigenvalue weighted by atomic mass is 10.1. The summed E-state index contributed by atoms with van der Waals surface area (Å²) in [6.07, 6.45) is -3.47. The molecule has 2 heterocycles. The molecule has 3 amide bonds. The third kappa shape index (κ3) is 5.91. The first-order valence-corrected chi connectivity index (χ1v) is 11.6. The van der Waals surface area contributed by atoms with E-state index in [2.05, 4.69) is 0 Å². The van der Waals surface area contributed by atoms with Crippen molar-refractivity contribution in [2.24, 2.45) is 0 Å². The minimum Gasteiger partial charge on any atom is -0.449 e. The lowest BCUT2D eigenvalue weighted by Crippen LogP contribution is -2.46. The molecule has 0 bridgehead atoms. The Hall–Kier alpha value is -3.91. The third-order valence-corrected chi connectivity index (χ3v) is 6.35. The van der Waals surface area contributed by atoms with Crippen molar-refractivity contribution in [1.82, 2.24) is 9.80 Å². The zero-order chi connectivity index (χ0) is 26.7. The Morgan fingerprint density at radius 3 is 2.51 bits per heavy atom. The van der Waals surface area contributed by atoms with Crippen LogP contribution in [0, 0.1) is 10.1 Å². The molecule has 0 radical (unpaired) electrons. The molecule has 10 nitrogen and oxygen atoms in total. The van der Waals surface area contributed by atoms with Crippen LogP contribution in [0.25, 0.3) is 6.08 Å². The molecule has 2 fully saturated rings. The summed E-state index contributed by atoms with van der Waals surface area (Å²) >= 11 is 0.607. The third-order valence-electron chi connectivity index (χ3n) is 5.44. The van der Waals surface area contributed by atoms with E-state index in [0.29, 0.717) is 50.2 Å². The Morgan fingerprint density at radius 2 is 1.84 bits per heavy atom. The molecule has 2 saturated heterocycles. The number of nitrogens with zero attached hydrogens (tertiary/aromatic N) is 3. The van der Waals surface area contributed by atoms with Gasteiger partial charge in [-0.2, -0.15) is 13.2 Å². The first-order valence-electron chi connectivity index (χ1n) is 10.8. The highest BCUT2D eigenvalue weighted by atomic mass is 32.2. The van der Waals surface area contributed by atoms with Crippen molar-refractivity contribution in [1.29, 1.82) is 0 Å². The summed E-state index contributed by atoms with van der Waals surface area (Å²) in [5.41, 5.74) is -1.87. The van der Waals surface area contributed by atoms with Gasteiger partial charge in [0.1, 0.15) is 12.3 Å². The fraction of sp³-hybridized carbons (Fsp3) is 0.261. The Labute approximate surface area is 211 Å². The Bertz CT molecular complexity index is 1290. The molecule has 0 saturated carbocycles. The number of carbonyl (C=O) groups is 3. The van der Waals surface area contributed by atoms with Gasteiger partial charge in [0.05, 0.1) is 28.6 Å². The smallest absolute Gasteiger partial charge is 0.416 e. The number of alkyl halides is 3. The fourth-order valence-corrected chi connectivity index (χ4v) is 4.39. The van der Waals surface area contributed by atoms with Gasteiger partial charge in [0.15, 0.2) is 0 Å². The van der Waals surface area contributed by atoms with E-state index >= 15 is 0 Å². The predicted octanol–water partition coefficient (Wildman–Crippen LogP) is 4.30. The van der Waals surface area contributed by atoms with Gasteiger partial charge in [0.2, 0.25) is 11.7 Å². The number of nitro groups is 1. The monoisotopic (exact) mass is 537 g/mol. The maximum Gasteiger partial charge on any atom is 0.416 e. The van der Waals surface area contributed by atoms with Crippen LogP contribution in [0.1, 0.15) is 11.1 Å². The zero-order valence-electron chi connectivity index (χ0n) is 18.9. The minimum absolute atomic E-state index is 0.00144. The molecule has 37 heavy (non-hydrogen) atoms. The molecule has 0 aliphatic carbocycles. The average molecular weight is 537 g/mol. The Balaban J connectivity index is 1.57. The molecule has 0 unspecified atom stereocenters. The van der Waals surface area contributed by atoms with Crippen molar-refractivity contribution < 1.29 is 42.0 Å². The summed E-state index contributed by atoms with van der Waals surface area (Å²) in [4.78, 5) is 50.5. The van der Waals surface area contributed by atoms with Gasteiger partial charge in [0.25, 0.3) is 11.1 Å². The van der Waals surface area contributed by atoms with Gasteiger partial charge in [-0.3, -0.25) is 29.4 Å². The molecule has 2 aromatic rings. The van der Waals surface area contributed by atoms with Gasteiger partial charge in [0, 0.05) is 24.7 Å². The molecule has 0 N–H and O–H groups in total. The second kappa shape index (κ2) is 10.6. The van der Waals surface area contributed by atoms with Gasteiger partial charge in [-0.1, -0.05) is 18.2 Å². The van der Waals surface area contributed by atoms with Crippen molar-refractivity contribution in [3.05, 3.63) is 68.6 Å². The molecule has 0 atom stereocenters. The number of morpholine rings is 1. The number of carbonyl (C=O) groups excluding carboxylic acids is 3. The maximum absolute atomic E-state index is 13.0. The van der Waals surface area contributed by atoms with E-state index in [4.69, 9.17) is 9.47 Å². The van der Waals surface area contributed by atoms with Crippen LogP contribution in [0.15, 0.2) is 47.4 Å². The second-order valence-corrected chi connectivity index (χ2v) is 8.83. The average Bonchev–Trinajstić information content (AvgIpc) is 3.12. The zero-order valence-corrected chi connectivity index (χ0v) is 19.7. The van der Waals surface area contributed by atoms with Gasteiger partial charge in [-0.05, 0) is 36.0 Å². The van der Waals surface area contributed by atoms with E-state index in [0.717, 1.165) is 11.0 Å². The lowest BCUT2D eigenvalue weighted by molar-refractivity contribution is -0.385. The fourth-order valence-electron chi connectivity index (χ4n) is 3.56. The topological polar surface area (TPSA) is 119 Å². The highest BCUT2D eigenvalue weighted by Gasteiger charge is 2.38. The molecule has 0 spiro atoms. The van der Waals surface area contributed by atoms with Crippen LogP contribution in [-0.2, 0) is 20.5 Å². The Kier molecular flexibility index (Phi) is 7.50. The van der Waals surface area contributed by atoms with E-state index in [1.165, 1.54) is 29.2 Å². The number of ether oxygens (including phenoxy) is 2. The normalized spacial score (nSPS) is 17.4. The van der Waals surface area contributed by atoms with E-state index in [1.54, 1.807) is 6.07 Å². The molecule has 2 aliphatic heterocycles. The molecule has 194 valence electrons. The first kappa shape index (κ1) is 26.2. The maximum atomic E-state index is 13.0. The second-order valence-electron chi connectivity index (χ2n) is 7.84. The van der Waals surface area contributed by atoms with Gasteiger partial charge in [-0.25, -0.2) is 0 Å². The van der Waals surface area contributed by atoms with Gasteiger partial charge >= 0.3 is 11.9 Å². The number of hydrogen-bond acceptors (Lipinski definition) is 8. The molecular weight excluding hydrogens is 519 g/mol. The molecule has 4 rings (SSSR count). The van der Waals surface area contributed by atoms with Gasteiger partial charge < -0.3 is 14.4 Å². The largest absolute Gasteiger partial charge is 0.449 e. The highest BCUT2D eigenvalue weighted by molar-refractivity contribution is 8.18. The van der Waals surface area contributed by atoms with Crippen LogP contribution in [0.3, 0.4) is 0 Å². The number of benzene rings is 2. The van der Waals surface area contributed by atoms with Crippen LogP contribution >= 0.6 is 11.8 Å². The Morgan fingerprint density at radius 1 is 1.14 bits per heavy atom. The van der Waals surface area contributed by atoms with E-state index in [9.17, 15) is 37.7 Å². The van der Waals surface area contributed by atoms with Crippen LogP contribution in [0.4, 0.5) is 23.7 Å². The van der Waals surface area contributed by atoms with Crippen molar-refractivity contribution in [2.45, 2.75) is 6.18 Å². The number of imide groups is 1. The summed E-state index contributed by atoms with van der Waals surface area (Å²) in [5, 5.41) is 10.7. The molecule has 2 aromatic carbocycles. The highest BCUT2D eigenvalue weighted by Crippen LogP contribution is 2.40. The number of hydrogen-bond donors (Lipinski definition) is 0. The van der Waals surface area contributed by atoms with Crippen LogP contribution in [0.2, 0.25) is 0 Å². The number of halogens is 3. The van der Waals surface area contributed by atoms with Crippen molar-refractivity contribution in [3.63, 3.8) is 0 Å². The predicted molar refractivity (Wildman–Crippen MR) is 125 cm³/mol. The summed E-state index contributed by atoms with van der Waals surface area (Å²) in [5.74, 6) is -1.54. The first-order chi connectivity index (χ1) is 17.5. The lowest BCUT2D eigenvalue weighted by Gasteiger charge is -2.28. The number of amides is 3. The number of thioether (sulfide) groups is 1. The standard InChI is InChI=1S/C23H18F3N3O7S/c24-23(25,26)15-5-6-18(16(12-15)29(33)34)36-17-4-2-1-3-14(17)11-19-21(31)28(22(32)37-19)13-20(30)27-7-9-35-10-8-27/h1-6,11-12H,7-10,13H2. The van der Waals surface area contributed by atoms with Crippen molar-refractivity contribution >= 4 is 40.6 Å². The van der Waals surface area contributed by atoms with Crippen LogP contribution in [-0.4, -0.2) is 64.6 Å². The summed E-state index contributed by atoms with van der Waals surface area (Å²) < 4.78 is 49.8. The number of nitro benzene ring substituents is 1. The van der Waals surface area contributed by atoms with E-state index < -0.39 is 51.7 Å². The van der Waals surface area contributed by atoms with Crippen molar-refractivity contribution in [2.75, 3.05) is 32.8 Å². The minimum atomic E-state index is -4.78. The molecular formula is C23H18F3N3O7S. The number of rotatable bonds is 6. The quantitative estimate of drug-likeness (QED) is 0.304. The number of para-hydroxylation sites is 1. The summed E-state index contributed by atoms with van der Waals surface area (Å²) in [6, 6.07) is 7.86. The van der Waals surface area contributed by atoms with Gasteiger partial charge in [-0.15, -0.1) is 0 Å². The molecule has 0 aromatic heterocycles. The van der Waals surface area contributed by atoms with Crippen LogP contribution in [0.5, 0.6) is 11.5 Å². The summed E-state index contributed by atoms with van der Waals surface area (Å²) in [6.45, 7) is 0.998. The van der Waals surface area contributed by atoms with Crippen LogP contribution < -0.4 is 4.74 Å². The van der Waals surface area contributed by atoms with E-state index in [1.807, 2.05) is 0 Å².